The Balaban J connectivity index is 1.45. The molecular weight excluding hydrogens is 572 g/mol. The zero-order chi connectivity index (χ0) is 29.4. The number of aromatic amines is 1. The van der Waals surface area contributed by atoms with Crippen LogP contribution in [0.4, 0.5) is 0 Å². The van der Waals surface area contributed by atoms with Crippen molar-refractivity contribution in [3.05, 3.63) is 129 Å². The van der Waals surface area contributed by atoms with E-state index in [1.165, 1.54) is 6.07 Å². The molecule has 6 aromatic rings. The minimum Gasteiger partial charge on any atom is -0.306 e. The fourth-order valence-electron chi connectivity index (χ4n) is 4.90. The predicted octanol–water partition coefficient (Wildman–Crippen LogP) is 6.03. The van der Waals surface area contributed by atoms with Crippen LogP contribution in [-0.2, 0) is 15.8 Å². The number of rotatable bonds is 6. The van der Waals surface area contributed by atoms with E-state index in [1.807, 2.05) is 66.2 Å². The van der Waals surface area contributed by atoms with Crippen molar-refractivity contribution in [1.82, 2.24) is 19.7 Å². The third-order valence-corrected chi connectivity index (χ3v) is 8.27. The fourth-order valence-corrected chi connectivity index (χ4v) is 6.26. The van der Waals surface area contributed by atoms with Gasteiger partial charge >= 0.3 is 0 Å². The Morgan fingerprint density at radius 3 is 2.50 bits per heavy atom. The van der Waals surface area contributed by atoms with Crippen molar-refractivity contribution in [2.24, 2.45) is 0 Å². The van der Waals surface area contributed by atoms with Crippen LogP contribution in [0.3, 0.4) is 0 Å². The highest BCUT2D eigenvalue weighted by molar-refractivity contribution is 7.89. The molecule has 10 heteroatoms. The van der Waals surface area contributed by atoms with Gasteiger partial charge in [-0.25, -0.2) is 18.1 Å². The number of aromatic nitrogens is 3. The zero-order valence-corrected chi connectivity index (χ0v) is 23.8. The number of nitrogens with one attached hydrogen (secondary N) is 2. The first-order valence-corrected chi connectivity index (χ1v) is 15.0. The van der Waals surface area contributed by atoms with Gasteiger partial charge in [-0.2, -0.15) is 0 Å². The Morgan fingerprint density at radius 2 is 1.71 bits per heavy atom. The van der Waals surface area contributed by atoms with Crippen LogP contribution < -0.4 is 10.3 Å². The molecule has 0 radical (unpaired) electrons. The first kappa shape index (κ1) is 27.3. The van der Waals surface area contributed by atoms with Gasteiger partial charge in [-0.15, -0.1) is 0 Å². The molecule has 42 heavy (non-hydrogen) atoms. The van der Waals surface area contributed by atoms with Crippen LogP contribution >= 0.6 is 11.6 Å². The van der Waals surface area contributed by atoms with Crippen LogP contribution in [0, 0.1) is 6.92 Å². The zero-order valence-electron chi connectivity index (χ0n) is 22.3. The number of amides is 1. The molecule has 1 amide bonds. The number of carbonyl (C=O) groups is 1. The van der Waals surface area contributed by atoms with E-state index in [1.54, 1.807) is 36.5 Å². The summed E-state index contributed by atoms with van der Waals surface area (Å²) < 4.78 is 27.6. The highest BCUT2D eigenvalue weighted by Gasteiger charge is 2.21. The highest BCUT2D eigenvalue weighted by atomic mass is 35.5. The van der Waals surface area contributed by atoms with E-state index in [4.69, 9.17) is 16.6 Å². The summed E-state index contributed by atoms with van der Waals surface area (Å²) in [6.45, 7) is 1.84. The number of benzene rings is 3. The molecule has 2 N–H and O–H groups in total. The van der Waals surface area contributed by atoms with Crippen molar-refractivity contribution in [1.29, 1.82) is 0 Å². The largest absolute Gasteiger partial charge is 0.306 e. The third kappa shape index (κ3) is 5.52. The summed E-state index contributed by atoms with van der Waals surface area (Å²) in [6.07, 6.45) is 1.67. The number of H-pyrrole nitrogens is 1. The smallest absolute Gasteiger partial charge is 0.270 e. The molecule has 0 fully saturated rings. The van der Waals surface area contributed by atoms with E-state index in [-0.39, 0.29) is 11.2 Å². The minimum absolute atomic E-state index is 0.246. The molecule has 0 bridgehead atoms. The van der Waals surface area contributed by atoms with Gasteiger partial charge < -0.3 is 4.98 Å². The minimum atomic E-state index is -4.08. The number of halogens is 1. The molecule has 0 atom stereocenters. The molecule has 8 nitrogen and oxygen atoms in total. The number of aryl methyl sites for hydroxylation is 1. The first-order valence-electron chi connectivity index (χ1n) is 13.0. The molecule has 0 aliphatic rings. The Kier molecular flexibility index (Phi) is 7.06. The second-order valence-electron chi connectivity index (χ2n) is 9.91. The maximum atomic E-state index is 13.1. The Morgan fingerprint density at radius 1 is 0.905 bits per heavy atom. The second-order valence-corrected chi connectivity index (χ2v) is 12.0. The highest BCUT2D eigenvalue weighted by Crippen LogP contribution is 2.36. The molecule has 0 saturated carbocycles. The molecule has 0 spiro atoms. The molecule has 6 rings (SSSR count). The number of hydrogen-bond donors (Lipinski definition) is 2. The topological polar surface area (TPSA) is 122 Å². The molecule has 0 aliphatic carbocycles. The molecule has 0 aliphatic heterocycles. The Labute approximate surface area is 246 Å². The van der Waals surface area contributed by atoms with E-state index in [9.17, 15) is 18.0 Å². The summed E-state index contributed by atoms with van der Waals surface area (Å²) in [5.41, 5.74) is 4.07. The molecule has 3 aromatic heterocycles. The average Bonchev–Trinajstić information content (AvgIpc) is 2.96. The van der Waals surface area contributed by atoms with Gasteiger partial charge in [0.15, 0.2) is 0 Å². The number of pyridine rings is 3. The normalized spacial score (nSPS) is 11.6. The molecule has 3 aromatic carbocycles. The van der Waals surface area contributed by atoms with Crippen molar-refractivity contribution >= 4 is 49.5 Å². The number of sulfonamides is 1. The van der Waals surface area contributed by atoms with Crippen LogP contribution in [0.15, 0.2) is 102 Å². The monoisotopic (exact) mass is 594 g/mol. The van der Waals surface area contributed by atoms with Crippen molar-refractivity contribution in [2.75, 3.05) is 0 Å². The summed E-state index contributed by atoms with van der Waals surface area (Å²) in [4.78, 5) is 37.8. The maximum absolute atomic E-state index is 13.1. The first-order chi connectivity index (χ1) is 20.2. The lowest BCUT2D eigenvalue weighted by molar-refractivity contribution is 0.0980. The van der Waals surface area contributed by atoms with Gasteiger partial charge in [0.2, 0.25) is 10.0 Å². The summed E-state index contributed by atoms with van der Waals surface area (Å²) in [7, 11) is -4.08. The summed E-state index contributed by atoms with van der Waals surface area (Å²) in [5, 5.41) is 1.73. The van der Waals surface area contributed by atoms with Gasteiger partial charge in [0.25, 0.3) is 11.5 Å². The number of nitrogens with zero attached hydrogens (tertiary/aromatic N) is 2. The van der Waals surface area contributed by atoms with Gasteiger partial charge in [0, 0.05) is 28.1 Å². The van der Waals surface area contributed by atoms with Gasteiger partial charge in [-0.3, -0.25) is 14.6 Å². The van der Waals surface area contributed by atoms with E-state index in [2.05, 4.69) is 9.97 Å². The van der Waals surface area contributed by atoms with Crippen LogP contribution in [0.25, 0.3) is 44.3 Å². The summed E-state index contributed by atoms with van der Waals surface area (Å²) in [5.74, 6) is -1.44. The fraction of sp³-hybridized carbons (Fsp3) is 0.0625. The Bertz CT molecular complexity index is 2180. The van der Waals surface area contributed by atoms with Gasteiger partial charge in [-0.05, 0) is 48.4 Å². The SMILES string of the molecule is Cc1cccc(CS(=O)(=O)NC(=O)c2cc3cc(-c4cc(Cl)c5ncccc5c4)c(-c4ccccc4)nc3[nH]c2=O)c1. The Hall–Kier alpha value is -4.86. The molecule has 0 unspecified atom stereocenters. The lowest BCUT2D eigenvalue weighted by atomic mass is 9.96. The second kappa shape index (κ2) is 10.8. The number of hydrogen-bond acceptors (Lipinski definition) is 6. The average molecular weight is 595 g/mol. The standard InChI is InChI=1S/C32H23ClN4O4S/c1-19-7-5-8-20(13-19)18-42(40,41)37-32(39)26-16-24-15-25(23-14-22-11-6-12-34-29(22)27(33)17-23)28(21-9-3-2-4-10-21)35-30(24)36-31(26)38/h2-17H,18H2,1H3,(H,37,39)(H,35,36,38). The van der Waals surface area contributed by atoms with E-state index in [0.717, 1.165) is 22.1 Å². The molecule has 3 heterocycles. The molecular formula is C32H23ClN4O4S. The third-order valence-electron chi connectivity index (χ3n) is 6.78. The van der Waals surface area contributed by atoms with Gasteiger partial charge in [0.05, 0.1) is 22.0 Å². The van der Waals surface area contributed by atoms with Gasteiger partial charge in [-0.1, -0.05) is 77.8 Å². The van der Waals surface area contributed by atoms with Crippen LogP contribution in [0.2, 0.25) is 5.02 Å². The molecule has 0 saturated heterocycles. The van der Waals surface area contributed by atoms with Crippen molar-refractivity contribution in [2.45, 2.75) is 12.7 Å². The lowest BCUT2D eigenvalue weighted by Crippen LogP contribution is -2.35. The summed E-state index contributed by atoms with van der Waals surface area (Å²) in [6, 6.07) is 27.0. The predicted molar refractivity (Wildman–Crippen MR) is 165 cm³/mol. The van der Waals surface area contributed by atoms with E-state index in [0.29, 0.717) is 32.7 Å². The van der Waals surface area contributed by atoms with E-state index < -0.39 is 27.2 Å². The van der Waals surface area contributed by atoms with Crippen molar-refractivity contribution < 1.29 is 13.2 Å². The maximum Gasteiger partial charge on any atom is 0.270 e. The molecule has 208 valence electrons. The van der Waals surface area contributed by atoms with Crippen LogP contribution in [0.1, 0.15) is 21.5 Å². The van der Waals surface area contributed by atoms with E-state index >= 15 is 0 Å². The number of carbonyl (C=O) groups excluding carboxylic acids is 1. The quantitative estimate of drug-likeness (QED) is 0.243. The van der Waals surface area contributed by atoms with Crippen molar-refractivity contribution in [3.63, 3.8) is 0 Å². The summed E-state index contributed by atoms with van der Waals surface area (Å²) >= 11 is 6.60. The van der Waals surface area contributed by atoms with Gasteiger partial charge in [0.1, 0.15) is 11.2 Å². The van der Waals surface area contributed by atoms with Crippen LogP contribution in [0.5, 0.6) is 0 Å². The van der Waals surface area contributed by atoms with Crippen LogP contribution in [-0.4, -0.2) is 29.3 Å². The lowest BCUT2D eigenvalue weighted by Gasteiger charge is -2.13. The number of fused-ring (bicyclic) bond motifs is 2. The van der Waals surface area contributed by atoms with Crippen molar-refractivity contribution in [3.8, 4) is 22.4 Å².